The summed E-state index contributed by atoms with van der Waals surface area (Å²) in [6, 6.07) is 10.2. The van der Waals surface area contributed by atoms with Gasteiger partial charge in [-0.1, -0.05) is 6.07 Å². The molecule has 6 heteroatoms. The predicted molar refractivity (Wildman–Crippen MR) is 87.5 cm³/mol. The number of carbonyl (C=O) groups excluding carboxylic acids is 1. The SMILES string of the molecule is COCc1cc(=O)[nH]c2cc(NC(=O)c3ccncc3)ccc12. The lowest BCUT2D eigenvalue weighted by molar-refractivity contribution is 0.102. The van der Waals surface area contributed by atoms with Crippen molar-refractivity contribution in [1.29, 1.82) is 0 Å². The molecule has 0 radical (unpaired) electrons. The van der Waals surface area contributed by atoms with Gasteiger partial charge in [0.15, 0.2) is 0 Å². The summed E-state index contributed by atoms with van der Waals surface area (Å²) in [6.07, 6.45) is 3.12. The Morgan fingerprint density at radius 2 is 2.00 bits per heavy atom. The first-order valence-electron chi connectivity index (χ1n) is 7.03. The number of pyridine rings is 2. The second-order valence-electron chi connectivity index (χ2n) is 5.04. The summed E-state index contributed by atoms with van der Waals surface area (Å²) in [5.74, 6) is -0.234. The molecule has 116 valence electrons. The number of hydrogen-bond acceptors (Lipinski definition) is 4. The highest BCUT2D eigenvalue weighted by Gasteiger charge is 2.08. The molecule has 0 saturated carbocycles. The molecule has 0 fully saturated rings. The molecule has 0 aliphatic carbocycles. The molecule has 0 bridgehead atoms. The van der Waals surface area contributed by atoms with E-state index in [-0.39, 0.29) is 11.5 Å². The predicted octanol–water partition coefficient (Wildman–Crippen LogP) is 2.32. The number of nitrogens with one attached hydrogen (secondary N) is 2. The summed E-state index contributed by atoms with van der Waals surface area (Å²) < 4.78 is 5.12. The van der Waals surface area contributed by atoms with Crippen LogP contribution >= 0.6 is 0 Å². The van der Waals surface area contributed by atoms with Crippen LogP contribution in [0.5, 0.6) is 0 Å². The van der Waals surface area contributed by atoms with Crippen LogP contribution < -0.4 is 10.9 Å². The molecule has 0 aliphatic heterocycles. The van der Waals surface area contributed by atoms with Crippen molar-refractivity contribution in [2.75, 3.05) is 12.4 Å². The Hall–Kier alpha value is -2.99. The Balaban J connectivity index is 1.94. The van der Waals surface area contributed by atoms with Gasteiger partial charge in [-0.05, 0) is 29.8 Å². The van der Waals surface area contributed by atoms with Crippen LogP contribution in [0.4, 0.5) is 5.69 Å². The fourth-order valence-corrected chi connectivity index (χ4v) is 2.39. The first kappa shape index (κ1) is 14.9. The average molecular weight is 309 g/mol. The van der Waals surface area contributed by atoms with Crippen molar-refractivity contribution in [2.45, 2.75) is 6.61 Å². The van der Waals surface area contributed by atoms with Crippen LogP contribution in [-0.2, 0) is 11.3 Å². The number of H-pyrrole nitrogens is 1. The number of amides is 1. The monoisotopic (exact) mass is 309 g/mol. The highest BCUT2D eigenvalue weighted by atomic mass is 16.5. The molecule has 0 saturated heterocycles. The molecule has 1 aromatic carbocycles. The number of ether oxygens (including phenoxy) is 1. The zero-order valence-electron chi connectivity index (χ0n) is 12.5. The van der Waals surface area contributed by atoms with Crippen molar-refractivity contribution in [2.24, 2.45) is 0 Å². The third-order valence-electron chi connectivity index (χ3n) is 3.43. The standard InChI is InChI=1S/C17H15N3O3/c1-23-10-12-8-16(21)20-15-9-13(2-3-14(12)15)19-17(22)11-4-6-18-7-5-11/h2-9H,10H2,1H3,(H,19,22)(H,20,21). The van der Waals surface area contributed by atoms with E-state index >= 15 is 0 Å². The third kappa shape index (κ3) is 3.27. The fourth-order valence-electron chi connectivity index (χ4n) is 2.39. The molecule has 0 spiro atoms. The van der Waals surface area contributed by atoms with Crippen molar-refractivity contribution < 1.29 is 9.53 Å². The van der Waals surface area contributed by atoms with Crippen LogP contribution in [0.15, 0.2) is 53.6 Å². The Morgan fingerprint density at radius 1 is 1.22 bits per heavy atom. The molecule has 0 aliphatic rings. The van der Waals surface area contributed by atoms with Crippen molar-refractivity contribution >= 4 is 22.5 Å². The molecule has 1 amide bonds. The van der Waals surface area contributed by atoms with E-state index in [1.54, 1.807) is 43.8 Å². The van der Waals surface area contributed by atoms with Gasteiger partial charge in [-0.3, -0.25) is 14.6 Å². The van der Waals surface area contributed by atoms with Gasteiger partial charge in [-0.2, -0.15) is 0 Å². The Morgan fingerprint density at radius 3 is 2.74 bits per heavy atom. The molecule has 23 heavy (non-hydrogen) atoms. The minimum absolute atomic E-state index is 0.206. The lowest BCUT2D eigenvalue weighted by Crippen LogP contribution is -2.12. The molecule has 2 heterocycles. The maximum absolute atomic E-state index is 12.2. The highest BCUT2D eigenvalue weighted by Crippen LogP contribution is 2.20. The van der Waals surface area contributed by atoms with E-state index in [4.69, 9.17) is 4.74 Å². The van der Waals surface area contributed by atoms with E-state index in [0.717, 1.165) is 10.9 Å². The van der Waals surface area contributed by atoms with Gasteiger partial charge >= 0.3 is 0 Å². The van der Waals surface area contributed by atoms with E-state index in [9.17, 15) is 9.59 Å². The van der Waals surface area contributed by atoms with Crippen LogP contribution in [0.2, 0.25) is 0 Å². The summed E-state index contributed by atoms with van der Waals surface area (Å²) in [7, 11) is 1.58. The largest absolute Gasteiger partial charge is 0.380 e. The summed E-state index contributed by atoms with van der Waals surface area (Å²) >= 11 is 0. The van der Waals surface area contributed by atoms with E-state index < -0.39 is 0 Å². The van der Waals surface area contributed by atoms with E-state index in [2.05, 4.69) is 15.3 Å². The number of carbonyl (C=O) groups is 1. The number of rotatable bonds is 4. The molecule has 0 atom stereocenters. The minimum atomic E-state index is -0.234. The topological polar surface area (TPSA) is 84.1 Å². The van der Waals surface area contributed by atoms with Crippen molar-refractivity contribution in [3.05, 3.63) is 70.3 Å². The number of aromatic amines is 1. The Bertz CT molecular complexity index is 904. The molecular formula is C17H15N3O3. The Kier molecular flexibility index (Phi) is 4.16. The van der Waals surface area contributed by atoms with Gasteiger partial charge in [0, 0.05) is 42.2 Å². The maximum atomic E-state index is 12.2. The van der Waals surface area contributed by atoms with Crippen LogP contribution in [0, 0.1) is 0 Å². The molecule has 2 N–H and O–H groups in total. The second-order valence-corrected chi connectivity index (χ2v) is 5.04. The lowest BCUT2D eigenvalue weighted by Gasteiger charge is -2.09. The molecule has 3 aromatic rings. The summed E-state index contributed by atoms with van der Waals surface area (Å²) in [5, 5.41) is 3.68. The molecular weight excluding hydrogens is 294 g/mol. The number of benzene rings is 1. The van der Waals surface area contributed by atoms with Crippen molar-refractivity contribution in [1.82, 2.24) is 9.97 Å². The minimum Gasteiger partial charge on any atom is -0.380 e. The quantitative estimate of drug-likeness (QED) is 0.774. The number of anilines is 1. The third-order valence-corrected chi connectivity index (χ3v) is 3.43. The lowest BCUT2D eigenvalue weighted by atomic mass is 10.1. The van der Waals surface area contributed by atoms with E-state index in [1.807, 2.05) is 6.07 Å². The van der Waals surface area contributed by atoms with Crippen LogP contribution in [0.25, 0.3) is 10.9 Å². The van der Waals surface area contributed by atoms with Crippen molar-refractivity contribution in [3.63, 3.8) is 0 Å². The van der Waals surface area contributed by atoms with Crippen LogP contribution in [0.1, 0.15) is 15.9 Å². The zero-order chi connectivity index (χ0) is 16.2. The molecule has 0 unspecified atom stereocenters. The highest BCUT2D eigenvalue weighted by molar-refractivity contribution is 6.05. The first-order valence-corrected chi connectivity index (χ1v) is 7.03. The number of methoxy groups -OCH3 is 1. The summed E-state index contributed by atoms with van der Waals surface area (Å²) in [6.45, 7) is 0.350. The molecule has 6 nitrogen and oxygen atoms in total. The Labute approximate surface area is 132 Å². The van der Waals surface area contributed by atoms with Crippen LogP contribution in [0.3, 0.4) is 0 Å². The van der Waals surface area contributed by atoms with E-state index in [1.165, 1.54) is 6.07 Å². The van der Waals surface area contributed by atoms with E-state index in [0.29, 0.717) is 23.4 Å². The number of aromatic nitrogens is 2. The van der Waals surface area contributed by atoms with Gasteiger partial charge in [0.2, 0.25) is 5.56 Å². The van der Waals surface area contributed by atoms with Gasteiger partial charge in [0.1, 0.15) is 0 Å². The number of fused-ring (bicyclic) bond motifs is 1. The second kappa shape index (κ2) is 6.41. The van der Waals surface area contributed by atoms with Gasteiger partial charge in [0.05, 0.1) is 12.1 Å². The fraction of sp³-hybridized carbons (Fsp3) is 0.118. The van der Waals surface area contributed by atoms with Gasteiger partial charge < -0.3 is 15.0 Å². The number of hydrogen-bond donors (Lipinski definition) is 2. The maximum Gasteiger partial charge on any atom is 0.255 e. The van der Waals surface area contributed by atoms with Gasteiger partial charge in [-0.25, -0.2) is 0 Å². The molecule has 2 aromatic heterocycles. The molecule has 3 rings (SSSR count). The first-order chi connectivity index (χ1) is 11.2. The number of nitrogens with zero attached hydrogens (tertiary/aromatic N) is 1. The average Bonchev–Trinajstić information content (AvgIpc) is 2.55. The van der Waals surface area contributed by atoms with Gasteiger partial charge in [0.25, 0.3) is 5.91 Å². The smallest absolute Gasteiger partial charge is 0.255 e. The zero-order valence-corrected chi connectivity index (χ0v) is 12.5. The summed E-state index contributed by atoms with van der Waals surface area (Å²) in [5.41, 5.74) is 2.36. The summed E-state index contributed by atoms with van der Waals surface area (Å²) in [4.78, 5) is 30.5. The van der Waals surface area contributed by atoms with Crippen LogP contribution in [-0.4, -0.2) is 23.0 Å². The van der Waals surface area contributed by atoms with Gasteiger partial charge in [-0.15, -0.1) is 0 Å². The van der Waals surface area contributed by atoms with Crippen molar-refractivity contribution in [3.8, 4) is 0 Å². The normalized spacial score (nSPS) is 10.7.